The Morgan fingerprint density at radius 2 is 2.19 bits per heavy atom. The molecule has 0 unspecified atom stereocenters. The summed E-state index contributed by atoms with van der Waals surface area (Å²) in [6, 6.07) is 10.1. The lowest BCUT2D eigenvalue weighted by atomic mass is 10.2. The van der Waals surface area contributed by atoms with E-state index in [-0.39, 0.29) is 6.61 Å². The molecule has 0 atom stereocenters. The largest absolute Gasteiger partial charge is 0.392 e. The Kier molecular flexibility index (Phi) is 4.46. The van der Waals surface area contributed by atoms with Crippen molar-refractivity contribution in [2.24, 2.45) is 0 Å². The average molecular weight is 315 g/mol. The zero-order valence-corrected chi connectivity index (χ0v) is 11.7. The standard InChI is InChI=1S/C12H11BrOS2/c13-11-4-5-15-12(11)8-16-10-3-1-2-9(6-10)7-14/h1-6,14H,7-8H2. The van der Waals surface area contributed by atoms with Crippen molar-refractivity contribution in [1.29, 1.82) is 0 Å². The van der Waals surface area contributed by atoms with Crippen molar-refractivity contribution >= 4 is 39.0 Å². The van der Waals surface area contributed by atoms with Crippen molar-refractivity contribution in [3.63, 3.8) is 0 Å². The smallest absolute Gasteiger partial charge is 0.0682 e. The lowest BCUT2D eigenvalue weighted by Gasteiger charge is -2.02. The molecule has 0 fully saturated rings. The summed E-state index contributed by atoms with van der Waals surface area (Å²) < 4.78 is 1.18. The van der Waals surface area contributed by atoms with Crippen LogP contribution in [0.25, 0.3) is 0 Å². The molecule has 1 aromatic heterocycles. The van der Waals surface area contributed by atoms with Gasteiger partial charge in [-0.2, -0.15) is 0 Å². The van der Waals surface area contributed by atoms with E-state index in [1.54, 1.807) is 23.1 Å². The number of halogens is 1. The van der Waals surface area contributed by atoms with Gasteiger partial charge in [0.1, 0.15) is 0 Å². The Morgan fingerprint density at radius 3 is 2.88 bits per heavy atom. The predicted molar refractivity (Wildman–Crippen MR) is 73.9 cm³/mol. The first-order valence-electron chi connectivity index (χ1n) is 4.84. The highest BCUT2D eigenvalue weighted by Crippen LogP contribution is 2.30. The van der Waals surface area contributed by atoms with Crippen molar-refractivity contribution in [3.8, 4) is 0 Å². The maximum Gasteiger partial charge on any atom is 0.0682 e. The van der Waals surface area contributed by atoms with Gasteiger partial charge in [0.15, 0.2) is 0 Å². The van der Waals surface area contributed by atoms with Crippen LogP contribution in [0.3, 0.4) is 0 Å². The normalized spacial score (nSPS) is 10.6. The Morgan fingerprint density at radius 1 is 1.31 bits per heavy atom. The van der Waals surface area contributed by atoms with Gasteiger partial charge in [0, 0.05) is 20.0 Å². The van der Waals surface area contributed by atoms with E-state index < -0.39 is 0 Å². The highest BCUT2D eigenvalue weighted by Gasteiger charge is 2.02. The Hall–Kier alpha value is -0.290. The second-order valence-corrected chi connectivity index (χ2v) is 6.19. The van der Waals surface area contributed by atoms with Crippen LogP contribution in [0.15, 0.2) is 45.1 Å². The molecular weight excluding hydrogens is 304 g/mol. The molecule has 84 valence electrons. The van der Waals surface area contributed by atoms with Crippen LogP contribution >= 0.6 is 39.0 Å². The molecule has 0 aliphatic heterocycles. The summed E-state index contributed by atoms with van der Waals surface area (Å²) in [4.78, 5) is 2.55. The number of thioether (sulfide) groups is 1. The molecule has 0 aliphatic carbocycles. The molecule has 2 rings (SSSR count). The maximum atomic E-state index is 9.04. The molecule has 16 heavy (non-hydrogen) atoms. The molecule has 0 bridgehead atoms. The van der Waals surface area contributed by atoms with Gasteiger partial charge in [-0.15, -0.1) is 23.1 Å². The fourth-order valence-corrected chi connectivity index (χ4v) is 4.08. The van der Waals surface area contributed by atoms with Gasteiger partial charge in [-0.25, -0.2) is 0 Å². The fourth-order valence-electron chi connectivity index (χ4n) is 1.31. The summed E-state index contributed by atoms with van der Waals surface area (Å²) in [7, 11) is 0. The molecule has 1 N–H and O–H groups in total. The van der Waals surface area contributed by atoms with E-state index in [1.807, 2.05) is 18.2 Å². The third-order valence-corrected chi connectivity index (χ3v) is 5.27. The molecule has 1 heterocycles. The average Bonchev–Trinajstić information content (AvgIpc) is 2.72. The van der Waals surface area contributed by atoms with Crippen molar-refractivity contribution in [2.45, 2.75) is 17.3 Å². The number of thiophene rings is 1. The van der Waals surface area contributed by atoms with E-state index >= 15 is 0 Å². The van der Waals surface area contributed by atoms with Crippen LogP contribution in [-0.4, -0.2) is 5.11 Å². The highest BCUT2D eigenvalue weighted by atomic mass is 79.9. The minimum Gasteiger partial charge on any atom is -0.392 e. The Balaban J connectivity index is 2.02. The molecule has 4 heteroatoms. The predicted octanol–water partition coefficient (Wildman–Crippen LogP) is 4.30. The Bertz CT molecular complexity index is 468. The van der Waals surface area contributed by atoms with Gasteiger partial charge in [-0.3, -0.25) is 0 Å². The molecule has 0 saturated heterocycles. The van der Waals surface area contributed by atoms with Crippen LogP contribution in [0, 0.1) is 0 Å². The van der Waals surface area contributed by atoms with Crippen molar-refractivity contribution in [3.05, 3.63) is 50.6 Å². The highest BCUT2D eigenvalue weighted by molar-refractivity contribution is 9.10. The number of rotatable bonds is 4. The summed E-state index contributed by atoms with van der Waals surface area (Å²) in [6.07, 6.45) is 0. The van der Waals surface area contributed by atoms with Gasteiger partial charge in [-0.05, 0) is 45.1 Å². The zero-order chi connectivity index (χ0) is 11.4. The van der Waals surface area contributed by atoms with E-state index in [2.05, 4.69) is 33.4 Å². The molecule has 1 aromatic carbocycles. The number of hydrogen-bond acceptors (Lipinski definition) is 3. The molecule has 2 aromatic rings. The lowest BCUT2D eigenvalue weighted by molar-refractivity contribution is 0.281. The molecular formula is C12H11BrOS2. The first kappa shape index (κ1) is 12.2. The zero-order valence-electron chi connectivity index (χ0n) is 8.52. The number of hydrogen-bond donors (Lipinski definition) is 1. The van der Waals surface area contributed by atoms with Crippen molar-refractivity contribution in [2.75, 3.05) is 0 Å². The van der Waals surface area contributed by atoms with Gasteiger partial charge < -0.3 is 5.11 Å². The third-order valence-electron chi connectivity index (χ3n) is 2.14. The van der Waals surface area contributed by atoms with E-state index in [1.165, 1.54) is 14.2 Å². The molecule has 0 aliphatic rings. The number of benzene rings is 1. The molecule has 0 amide bonds. The van der Waals surface area contributed by atoms with Gasteiger partial charge in [0.2, 0.25) is 0 Å². The van der Waals surface area contributed by atoms with Crippen LogP contribution in [0.2, 0.25) is 0 Å². The minimum atomic E-state index is 0.108. The lowest BCUT2D eigenvalue weighted by Crippen LogP contribution is -1.83. The number of aliphatic hydroxyl groups is 1. The van der Waals surface area contributed by atoms with Crippen molar-refractivity contribution < 1.29 is 5.11 Å². The van der Waals surface area contributed by atoms with Gasteiger partial charge in [0.05, 0.1) is 6.61 Å². The summed E-state index contributed by atoms with van der Waals surface area (Å²) >= 11 is 7.08. The van der Waals surface area contributed by atoms with Gasteiger partial charge in [-0.1, -0.05) is 12.1 Å². The second-order valence-electron chi connectivity index (χ2n) is 3.29. The van der Waals surface area contributed by atoms with E-state index in [0.29, 0.717) is 0 Å². The van der Waals surface area contributed by atoms with Crippen LogP contribution in [-0.2, 0) is 12.4 Å². The van der Waals surface area contributed by atoms with Crippen LogP contribution in [0.1, 0.15) is 10.4 Å². The quantitative estimate of drug-likeness (QED) is 0.849. The molecule has 0 radical (unpaired) electrons. The molecule has 0 saturated carbocycles. The van der Waals surface area contributed by atoms with Crippen LogP contribution in [0.5, 0.6) is 0 Å². The van der Waals surface area contributed by atoms with E-state index in [4.69, 9.17) is 5.11 Å². The van der Waals surface area contributed by atoms with E-state index in [9.17, 15) is 0 Å². The molecule has 0 spiro atoms. The van der Waals surface area contributed by atoms with Gasteiger partial charge >= 0.3 is 0 Å². The number of aliphatic hydroxyl groups excluding tert-OH is 1. The van der Waals surface area contributed by atoms with E-state index in [0.717, 1.165) is 11.3 Å². The van der Waals surface area contributed by atoms with Crippen molar-refractivity contribution in [1.82, 2.24) is 0 Å². The Labute approximate surface area is 112 Å². The summed E-state index contributed by atoms with van der Waals surface area (Å²) in [6.45, 7) is 0.108. The minimum absolute atomic E-state index is 0.108. The maximum absolute atomic E-state index is 9.04. The fraction of sp³-hybridized carbons (Fsp3) is 0.167. The summed E-state index contributed by atoms with van der Waals surface area (Å²) in [5.74, 6) is 0.965. The first-order valence-corrected chi connectivity index (χ1v) is 7.50. The monoisotopic (exact) mass is 314 g/mol. The van der Waals surface area contributed by atoms with Gasteiger partial charge in [0.25, 0.3) is 0 Å². The summed E-state index contributed by atoms with van der Waals surface area (Å²) in [5, 5.41) is 11.1. The topological polar surface area (TPSA) is 20.2 Å². The third kappa shape index (κ3) is 3.10. The van der Waals surface area contributed by atoms with Crippen LogP contribution < -0.4 is 0 Å². The SMILES string of the molecule is OCc1cccc(SCc2sccc2Br)c1. The second kappa shape index (κ2) is 5.87. The molecule has 1 nitrogen and oxygen atoms in total. The summed E-state index contributed by atoms with van der Waals surface area (Å²) in [5.41, 5.74) is 0.968. The van der Waals surface area contributed by atoms with Crippen LogP contribution in [0.4, 0.5) is 0 Å². The first-order chi connectivity index (χ1) is 7.79.